The summed E-state index contributed by atoms with van der Waals surface area (Å²) in [7, 11) is -4.03. The Balaban J connectivity index is 2.22. The predicted molar refractivity (Wildman–Crippen MR) is 86.3 cm³/mol. The van der Waals surface area contributed by atoms with Crippen LogP contribution < -0.4 is 0 Å². The molecule has 1 aromatic heterocycles. The van der Waals surface area contributed by atoms with Gasteiger partial charge < -0.3 is 9.79 Å². The summed E-state index contributed by atoms with van der Waals surface area (Å²) in [6, 6.07) is 1.83. The Morgan fingerprint density at radius 2 is 1.70 bits per heavy atom. The van der Waals surface area contributed by atoms with Crippen molar-refractivity contribution in [3.8, 4) is 0 Å². The lowest BCUT2D eigenvalue weighted by Crippen LogP contribution is -1.99. The van der Waals surface area contributed by atoms with Crippen LogP contribution >= 0.6 is 18.9 Å². The van der Waals surface area contributed by atoms with Gasteiger partial charge in [0, 0.05) is 0 Å². The molecule has 0 fully saturated rings. The van der Waals surface area contributed by atoms with E-state index in [2.05, 4.69) is 6.92 Å². The van der Waals surface area contributed by atoms with E-state index in [9.17, 15) is 14.4 Å². The van der Waals surface area contributed by atoms with Gasteiger partial charge in [-0.25, -0.2) is 0 Å². The maximum absolute atomic E-state index is 11.6. The van der Waals surface area contributed by atoms with Crippen LogP contribution in [0.3, 0.4) is 0 Å². The molecule has 20 heavy (non-hydrogen) atoms. The van der Waals surface area contributed by atoms with Crippen LogP contribution in [-0.4, -0.2) is 9.79 Å². The first-order valence-corrected chi connectivity index (χ1v) is 10.3. The third-order valence-corrected chi connectivity index (χ3v) is 5.73. The van der Waals surface area contributed by atoms with E-state index in [1.54, 1.807) is 0 Å². The summed E-state index contributed by atoms with van der Waals surface area (Å²) in [6.07, 6.45) is 10.2. The molecule has 0 radical (unpaired) electrons. The van der Waals surface area contributed by atoms with E-state index >= 15 is 0 Å². The summed E-state index contributed by atoms with van der Waals surface area (Å²) in [6.45, 7) is 2.21. The van der Waals surface area contributed by atoms with Crippen molar-refractivity contribution in [2.45, 2.75) is 70.4 Å². The van der Waals surface area contributed by atoms with Gasteiger partial charge in [0.15, 0.2) is 0 Å². The number of unbranched alkanes of at least 4 members (excludes halogenated alkanes) is 7. The van der Waals surface area contributed by atoms with Crippen LogP contribution in [0.2, 0.25) is 0 Å². The molecule has 1 aromatic rings. The van der Waals surface area contributed by atoms with E-state index in [1.165, 1.54) is 49.9 Å². The number of hydrogen-bond donors (Lipinski definition) is 2. The molecular formula is C15H27O3PS. The van der Waals surface area contributed by atoms with Gasteiger partial charge >= 0.3 is 7.60 Å². The topological polar surface area (TPSA) is 57.5 Å². The van der Waals surface area contributed by atoms with E-state index in [0.717, 1.165) is 18.4 Å². The van der Waals surface area contributed by atoms with E-state index in [-0.39, 0.29) is 0 Å². The molecule has 1 atom stereocenters. The van der Waals surface area contributed by atoms with Crippen LogP contribution in [0.1, 0.15) is 75.9 Å². The number of hydrogen-bond acceptors (Lipinski definition) is 2. The summed E-state index contributed by atoms with van der Waals surface area (Å²) in [4.78, 5) is 18.9. The van der Waals surface area contributed by atoms with Crippen molar-refractivity contribution in [2.24, 2.45) is 0 Å². The van der Waals surface area contributed by atoms with Crippen molar-refractivity contribution in [3.05, 3.63) is 22.4 Å². The SMILES string of the molecule is CCCCCCCCCCC(c1ccsc1)P(=O)(O)O. The Morgan fingerprint density at radius 3 is 2.20 bits per heavy atom. The Labute approximate surface area is 126 Å². The number of rotatable bonds is 11. The molecule has 0 saturated carbocycles. The van der Waals surface area contributed by atoms with Crippen LogP contribution in [0.15, 0.2) is 16.8 Å². The minimum absolute atomic E-state index is 0.593. The first-order chi connectivity index (χ1) is 9.55. The molecule has 2 N–H and O–H groups in total. The van der Waals surface area contributed by atoms with Gasteiger partial charge in [0.2, 0.25) is 0 Å². The fourth-order valence-electron chi connectivity index (χ4n) is 2.47. The molecule has 1 unspecified atom stereocenters. The molecule has 0 amide bonds. The Bertz CT molecular complexity index is 386. The summed E-state index contributed by atoms with van der Waals surface area (Å²) in [5.41, 5.74) is 0.195. The molecular weight excluding hydrogens is 291 g/mol. The highest BCUT2D eigenvalue weighted by atomic mass is 32.1. The second-order valence-electron chi connectivity index (χ2n) is 5.43. The summed E-state index contributed by atoms with van der Waals surface area (Å²) in [5, 5.41) is 3.74. The van der Waals surface area contributed by atoms with Crippen LogP contribution in [0, 0.1) is 0 Å². The van der Waals surface area contributed by atoms with Crippen molar-refractivity contribution < 1.29 is 14.4 Å². The minimum atomic E-state index is -4.03. The average molecular weight is 318 g/mol. The zero-order valence-corrected chi connectivity index (χ0v) is 14.0. The molecule has 0 bridgehead atoms. The van der Waals surface area contributed by atoms with E-state index in [1.807, 2.05) is 16.8 Å². The molecule has 0 spiro atoms. The number of thiophene rings is 1. The first-order valence-electron chi connectivity index (χ1n) is 7.63. The summed E-state index contributed by atoms with van der Waals surface area (Å²) < 4.78 is 11.6. The van der Waals surface area contributed by atoms with Gasteiger partial charge in [0.05, 0.1) is 5.66 Å². The molecule has 0 aromatic carbocycles. The van der Waals surface area contributed by atoms with Crippen LogP contribution in [0.25, 0.3) is 0 Å². The first kappa shape index (κ1) is 17.9. The second kappa shape index (κ2) is 9.73. The molecule has 0 saturated heterocycles. The van der Waals surface area contributed by atoms with Crippen molar-refractivity contribution in [1.29, 1.82) is 0 Å². The zero-order valence-electron chi connectivity index (χ0n) is 12.3. The van der Waals surface area contributed by atoms with Gasteiger partial charge in [0.1, 0.15) is 0 Å². The smallest absolute Gasteiger partial charge is 0.324 e. The van der Waals surface area contributed by atoms with Crippen molar-refractivity contribution in [1.82, 2.24) is 0 Å². The Morgan fingerprint density at radius 1 is 1.10 bits per heavy atom. The predicted octanol–water partition coefficient (Wildman–Crippen LogP) is 5.50. The summed E-state index contributed by atoms with van der Waals surface area (Å²) >= 11 is 1.50. The maximum atomic E-state index is 11.6. The van der Waals surface area contributed by atoms with E-state index < -0.39 is 13.3 Å². The largest absolute Gasteiger partial charge is 0.332 e. The normalized spacial score (nSPS) is 13.6. The van der Waals surface area contributed by atoms with Crippen LogP contribution in [0.4, 0.5) is 0 Å². The third kappa shape index (κ3) is 7.03. The van der Waals surface area contributed by atoms with Gasteiger partial charge in [-0.15, -0.1) is 0 Å². The van der Waals surface area contributed by atoms with Gasteiger partial charge in [-0.1, -0.05) is 58.3 Å². The molecule has 0 aliphatic rings. The molecule has 1 rings (SSSR count). The van der Waals surface area contributed by atoms with Gasteiger partial charge in [-0.05, 0) is 28.8 Å². The molecule has 3 nitrogen and oxygen atoms in total. The van der Waals surface area contributed by atoms with Crippen molar-refractivity contribution in [2.75, 3.05) is 0 Å². The third-order valence-electron chi connectivity index (χ3n) is 3.67. The standard InChI is InChI=1S/C15H27O3PS/c1-2-3-4-5-6-7-8-9-10-15(19(16,17)18)14-11-12-20-13-14/h11-13,15H,2-10H2,1H3,(H2,16,17,18). The second-order valence-corrected chi connectivity index (χ2v) is 8.01. The lowest BCUT2D eigenvalue weighted by atomic mass is 10.0. The highest BCUT2D eigenvalue weighted by molar-refractivity contribution is 7.52. The fraction of sp³-hybridized carbons (Fsp3) is 0.733. The van der Waals surface area contributed by atoms with Crippen molar-refractivity contribution in [3.63, 3.8) is 0 Å². The average Bonchev–Trinajstić information content (AvgIpc) is 2.89. The highest BCUT2D eigenvalue weighted by Crippen LogP contribution is 2.54. The van der Waals surface area contributed by atoms with Gasteiger partial charge in [0.25, 0.3) is 0 Å². The van der Waals surface area contributed by atoms with Crippen LogP contribution in [-0.2, 0) is 4.57 Å². The highest BCUT2D eigenvalue weighted by Gasteiger charge is 2.29. The van der Waals surface area contributed by atoms with Gasteiger partial charge in [-0.3, -0.25) is 4.57 Å². The van der Waals surface area contributed by atoms with Gasteiger partial charge in [-0.2, -0.15) is 11.3 Å². The minimum Gasteiger partial charge on any atom is -0.324 e. The zero-order chi connectivity index (χ0) is 14.8. The monoisotopic (exact) mass is 318 g/mol. The Kier molecular flexibility index (Phi) is 8.70. The molecule has 1 heterocycles. The van der Waals surface area contributed by atoms with E-state index in [0.29, 0.717) is 6.42 Å². The molecule has 116 valence electrons. The van der Waals surface area contributed by atoms with E-state index in [4.69, 9.17) is 0 Å². The lowest BCUT2D eigenvalue weighted by molar-refractivity contribution is 0.353. The molecule has 0 aliphatic carbocycles. The summed E-state index contributed by atoms with van der Waals surface area (Å²) in [5.74, 6) is 0. The fourth-order valence-corrected chi connectivity index (χ4v) is 4.35. The quantitative estimate of drug-likeness (QED) is 0.418. The maximum Gasteiger partial charge on any atom is 0.332 e. The van der Waals surface area contributed by atoms with Crippen molar-refractivity contribution >= 4 is 18.9 Å². The lowest BCUT2D eigenvalue weighted by Gasteiger charge is -2.17. The molecule has 0 aliphatic heterocycles. The van der Waals surface area contributed by atoms with Crippen LogP contribution in [0.5, 0.6) is 0 Å². The molecule has 5 heteroatoms. The Hall–Kier alpha value is -0.150.